The molecule has 1 aromatic carbocycles. The first kappa shape index (κ1) is 12.7. The SMILES string of the molecule is C=CC[C@H](Nc1ccc(OC)cc1)c1cccs1. The number of anilines is 1. The molecule has 1 heterocycles. The van der Waals surface area contributed by atoms with Crippen LogP contribution in [-0.4, -0.2) is 7.11 Å². The summed E-state index contributed by atoms with van der Waals surface area (Å²) in [6.07, 6.45) is 2.85. The van der Waals surface area contributed by atoms with Gasteiger partial charge in [-0.25, -0.2) is 0 Å². The van der Waals surface area contributed by atoms with E-state index >= 15 is 0 Å². The van der Waals surface area contributed by atoms with Crippen LogP contribution in [0.4, 0.5) is 5.69 Å². The van der Waals surface area contributed by atoms with Crippen LogP contribution in [0.2, 0.25) is 0 Å². The third kappa shape index (κ3) is 3.14. The van der Waals surface area contributed by atoms with E-state index in [2.05, 4.69) is 29.4 Å². The number of methoxy groups -OCH3 is 1. The summed E-state index contributed by atoms with van der Waals surface area (Å²) in [4.78, 5) is 1.32. The van der Waals surface area contributed by atoms with E-state index in [1.165, 1.54) is 4.88 Å². The topological polar surface area (TPSA) is 21.3 Å². The molecule has 0 bridgehead atoms. The van der Waals surface area contributed by atoms with Crippen molar-refractivity contribution in [2.24, 2.45) is 0 Å². The van der Waals surface area contributed by atoms with Gasteiger partial charge in [-0.05, 0) is 42.1 Å². The van der Waals surface area contributed by atoms with Crippen LogP contribution in [0.25, 0.3) is 0 Å². The Labute approximate surface area is 112 Å². The van der Waals surface area contributed by atoms with Gasteiger partial charge in [0.15, 0.2) is 0 Å². The van der Waals surface area contributed by atoms with Crippen molar-refractivity contribution >= 4 is 17.0 Å². The second-order valence-corrected chi connectivity index (χ2v) is 4.94. The molecule has 1 N–H and O–H groups in total. The van der Waals surface area contributed by atoms with E-state index in [1.807, 2.05) is 30.3 Å². The van der Waals surface area contributed by atoms with Gasteiger partial charge in [0.1, 0.15) is 5.75 Å². The minimum absolute atomic E-state index is 0.288. The smallest absolute Gasteiger partial charge is 0.119 e. The molecule has 0 aliphatic carbocycles. The van der Waals surface area contributed by atoms with Crippen molar-refractivity contribution in [3.63, 3.8) is 0 Å². The zero-order valence-corrected chi connectivity index (χ0v) is 11.2. The Bertz CT molecular complexity index is 476. The second kappa shape index (κ2) is 6.26. The van der Waals surface area contributed by atoms with Crippen molar-refractivity contribution in [3.8, 4) is 5.75 Å². The predicted molar refractivity (Wildman–Crippen MR) is 78.5 cm³/mol. The summed E-state index contributed by atoms with van der Waals surface area (Å²) in [7, 11) is 1.68. The van der Waals surface area contributed by atoms with Crippen LogP contribution >= 0.6 is 11.3 Å². The summed E-state index contributed by atoms with van der Waals surface area (Å²) in [6.45, 7) is 3.82. The van der Waals surface area contributed by atoms with Gasteiger partial charge in [-0.2, -0.15) is 0 Å². The summed E-state index contributed by atoms with van der Waals surface area (Å²) >= 11 is 1.76. The summed E-state index contributed by atoms with van der Waals surface area (Å²) in [5.41, 5.74) is 1.09. The van der Waals surface area contributed by atoms with Crippen molar-refractivity contribution in [2.45, 2.75) is 12.5 Å². The molecule has 2 rings (SSSR count). The zero-order chi connectivity index (χ0) is 12.8. The van der Waals surface area contributed by atoms with E-state index in [0.717, 1.165) is 17.9 Å². The van der Waals surface area contributed by atoms with Gasteiger partial charge in [0.2, 0.25) is 0 Å². The van der Waals surface area contributed by atoms with Gasteiger partial charge < -0.3 is 10.1 Å². The molecule has 2 aromatic rings. The third-order valence-corrected chi connectivity index (χ3v) is 3.71. The van der Waals surface area contributed by atoms with Gasteiger partial charge >= 0.3 is 0 Å². The highest BCUT2D eigenvalue weighted by Crippen LogP contribution is 2.27. The highest BCUT2D eigenvalue weighted by atomic mass is 32.1. The fourth-order valence-corrected chi connectivity index (χ4v) is 2.58. The molecule has 0 spiro atoms. The number of rotatable bonds is 6. The minimum Gasteiger partial charge on any atom is -0.497 e. The van der Waals surface area contributed by atoms with E-state index in [9.17, 15) is 0 Å². The molecule has 18 heavy (non-hydrogen) atoms. The average molecular weight is 259 g/mol. The lowest BCUT2D eigenvalue weighted by Crippen LogP contribution is -2.08. The standard InChI is InChI=1S/C15H17NOS/c1-3-5-14(15-6-4-11-18-15)16-12-7-9-13(17-2)10-8-12/h3-4,6-11,14,16H,1,5H2,2H3/t14-/m0/s1. The predicted octanol–water partition coefficient (Wildman–Crippen LogP) is 4.49. The fourth-order valence-electron chi connectivity index (χ4n) is 1.79. The third-order valence-electron chi connectivity index (χ3n) is 2.72. The minimum atomic E-state index is 0.288. The number of benzene rings is 1. The second-order valence-electron chi connectivity index (χ2n) is 3.97. The molecule has 0 saturated carbocycles. The number of hydrogen-bond donors (Lipinski definition) is 1. The monoisotopic (exact) mass is 259 g/mol. The van der Waals surface area contributed by atoms with Crippen LogP contribution in [0.1, 0.15) is 17.3 Å². The summed E-state index contributed by atoms with van der Waals surface area (Å²) in [6, 6.07) is 12.5. The first-order valence-corrected chi connectivity index (χ1v) is 6.76. The van der Waals surface area contributed by atoms with E-state index in [4.69, 9.17) is 4.74 Å². The summed E-state index contributed by atoms with van der Waals surface area (Å²) < 4.78 is 5.15. The fraction of sp³-hybridized carbons (Fsp3) is 0.200. The van der Waals surface area contributed by atoms with Crippen molar-refractivity contribution in [2.75, 3.05) is 12.4 Å². The number of nitrogens with one attached hydrogen (secondary N) is 1. The molecular weight excluding hydrogens is 242 g/mol. The van der Waals surface area contributed by atoms with Gasteiger partial charge in [0.05, 0.1) is 13.2 Å². The Morgan fingerprint density at radius 1 is 1.33 bits per heavy atom. The molecule has 0 unspecified atom stereocenters. The van der Waals surface area contributed by atoms with Crippen LogP contribution in [0.15, 0.2) is 54.4 Å². The Morgan fingerprint density at radius 3 is 2.67 bits per heavy atom. The normalized spacial score (nSPS) is 11.8. The van der Waals surface area contributed by atoms with Crippen LogP contribution in [0.3, 0.4) is 0 Å². The molecular formula is C15H17NOS. The Kier molecular flexibility index (Phi) is 4.42. The van der Waals surface area contributed by atoms with Crippen molar-refractivity contribution in [3.05, 3.63) is 59.3 Å². The molecule has 0 fully saturated rings. The Morgan fingerprint density at radius 2 is 2.11 bits per heavy atom. The van der Waals surface area contributed by atoms with Crippen LogP contribution in [0.5, 0.6) is 5.75 Å². The lowest BCUT2D eigenvalue weighted by Gasteiger charge is -2.17. The highest BCUT2D eigenvalue weighted by Gasteiger charge is 2.10. The van der Waals surface area contributed by atoms with Crippen molar-refractivity contribution in [1.82, 2.24) is 0 Å². The maximum Gasteiger partial charge on any atom is 0.119 e. The molecule has 0 amide bonds. The largest absolute Gasteiger partial charge is 0.497 e. The van der Waals surface area contributed by atoms with Crippen LogP contribution in [0, 0.1) is 0 Å². The quantitative estimate of drug-likeness (QED) is 0.772. The molecule has 3 heteroatoms. The molecule has 1 atom stereocenters. The Hall–Kier alpha value is -1.74. The molecule has 2 nitrogen and oxygen atoms in total. The molecule has 0 saturated heterocycles. The number of hydrogen-bond acceptors (Lipinski definition) is 3. The van der Waals surface area contributed by atoms with Gasteiger partial charge in [-0.15, -0.1) is 17.9 Å². The van der Waals surface area contributed by atoms with Gasteiger partial charge in [0, 0.05) is 10.6 Å². The molecule has 0 radical (unpaired) electrons. The maximum atomic E-state index is 5.15. The number of ether oxygens (including phenoxy) is 1. The van der Waals surface area contributed by atoms with Crippen LogP contribution < -0.4 is 10.1 Å². The average Bonchev–Trinajstić information content (AvgIpc) is 2.93. The van der Waals surface area contributed by atoms with E-state index in [-0.39, 0.29) is 6.04 Å². The maximum absolute atomic E-state index is 5.15. The number of thiophene rings is 1. The van der Waals surface area contributed by atoms with E-state index in [0.29, 0.717) is 0 Å². The summed E-state index contributed by atoms with van der Waals surface area (Å²) in [5, 5.41) is 5.62. The van der Waals surface area contributed by atoms with E-state index < -0.39 is 0 Å². The van der Waals surface area contributed by atoms with Crippen molar-refractivity contribution < 1.29 is 4.74 Å². The van der Waals surface area contributed by atoms with Gasteiger partial charge in [0.25, 0.3) is 0 Å². The molecule has 0 aliphatic heterocycles. The highest BCUT2D eigenvalue weighted by molar-refractivity contribution is 7.10. The lowest BCUT2D eigenvalue weighted by molar-refractivity contribution is 0.415. The Balaban J connectivity index is 2.10. The zero-order valence-electron chi connectivity index (χ0n) is 10.4. The molecule has 1 aromatic heterocycles. The van der Waals surface area contributed by atoms with Crippen LogP contribution in [-0.2, 0) is 0 Å². The summed E-state index contributed by atoms with van der Waals surface area (Å²) in [5.74, 6) is 0.872. The molecule has 0 aliphatic rings. The van der Waals surface area contributed by atoms with E-state index in [1.54, 1.807) is 18.4 Å². The first-order chi connectivity index (χ1) is 8.83. The molecule has 94 valence electrons. The van der Waals surface area contributed by atoms with Gasteiger partial charge in [-0.1, -0.05) is 12.1 Å². The first-order valence-electron chi connectivity index (χ1n) is 5.88. The van der Waals surface area contributed by atoms with Gasteiger partial charge in [-0.3, -0.25) is 0 Å². The van der Waals surface area contributed by atoms with Crippen molar-refractivity contribution in [1.29, 1.82) is 0 Å². The lowest BCUT2D eigenvalue weighted by atomic mass is 10.1.